The van der Waals surface area contributed by atoms with Crippen molar-refractivity contribution in [1.82, 2.24) is 15.0 Å². The van der Waals surface area contributed by atoms with Crippen molar-refractivity contribution in [3.8, 4) is 5.69 Å². The maximum absolute atomic E-state index is 12.6. The number of aromatic nitrogens is 3. The quantitative estimate of drug-likeness (QED) is 0.803. The summed E-state index contributed by atoms with van der Waals surface area (Å²) in [6, 6.07) is 4.26. The predicted octanol–water partition coefficient (Wildman–Crippen LogP) is 3.60. The van der Waals surface area contributed by atoms with E-state index >= 15 is 0 Å². The van der Waals surface area contributed by atoms with E-state index in [1.54, 1.807) is 12.3 Å². The van der Waals surface area contributed by atoms with E-state index in [1.165, 1.54) is 16.8 Å². The van der Waals surface area contributed by atoms with Crippen molar-refractivity contribution >= 4 is 23.2 Å². The highest BCUT2D eigenvalue weighted by atomic mass is 35.5. The second-order valence-corrected chi connectivity index (χ2v) is 3.97. The first-order valence-corrected chi connectivity index (χ1v) is 5.58. The molecule has 0 fully saturated rings. The number of alkyl halides is 3. The molecule has 1 aromatic heterocycles. The van der Waals surface area contributed by atoms with Gasteiger partial charge in [0.2, 0.25) is 0 Å². The molecule has 0 saturated heterocycles. The molecule has 0 aliphatic heterocycles. The van der Waals surface area contributed by atoms with Crippen molar-refractivity contribution in [1.29, 1.82) is 0 Å². The van der Waals surface area contributed by atoms with Crippen LogP contribution in [-0.4, -0.2) is 15.0 Å². The minimum atomic E-state index is -2.63. The molecular weight excluding hydrogens is 271 g/mol. The monoisotopic (exact) mass is 277 g/mol. The maximum Gasteiger partial charge on any atom is 0.265 e. The average Bonchev–Trinajstić information content (AvgIpc) is 2.78. The Morgan fingerprint density at radius 1 is 1.35 bits per heavy atom. The van der Waals surface area contributed by atoms with Gasteiger partial charge in [-0.3, -0.25) is 0 Å². The van der Waals surface area contributed by atoms with Gasteiger partial charge in [0.1, 0.15) is 0 Å². The largest absolute Gasteiger partial charge is 0.265 e. The second kappa shape index (κ2) is 4.98. The molecule has 2 rings (SSSR count). The Morgan fingerprint density at radius 3 is 2.71 bits per heavy atom. The molecule has 0 unspecified atom stereocenters. The van der Waals surface area contributed by atoms with E-state index in [9.17, 15) is 8.78 Å². The molecule has 0 spiro atoms. The fourth-order valence-electron chi connectivity index (χ4n) is 1.33. The fraction of sp³-hybridized carbons (Fsp3) is 0.200. The Balaban J connectivity index is 2.42. The van der Waals surface area contributed by atoms with Gasteiger partial charge >= 0.3 is 0 Å². The van der Waals surface area contributed by atoms with Crippen LogP contribution < -0.4 is 0 Å². The molecule has 7 heteroatoms. The molecule has 0 N–H and O–H groups in total. The van der Waals surface area contributed by atoms with Crippen molar-refractivity contribution < 1.29 is 8.78 Å². The third kappa shape index (κ3) is 2.56. The van der Waals surface area contributed by atoms with Crippen LogP contribution in [0.1, 0.15) is 17.7 Å². The zero-order valence-electron chi connectivity index (χ0n) is 8.45. The van der Waals surface area contributed by atoms with Crippen LogP contribution in [0.2, 0.25) is 5.02 Å². The molecule has 17 heavy (non-hydrogen) atoms. The zero-order chi connectivity index (χ0) is 12.4. The van der Waals surface area contributed by atoms with Crippen LogP contribution in [-0.2, 0) is 5.88 Å². The van der Waals surface area contributed by atoms with Gasteiger partial charge in [-0.25, -0.2) is 13.5 Å². The van der Waals surface area contributed by atoms with Crippen LogP contribution in [0.25, 0.3) is 5.69 Å². The number of hydrogen-bond donors (Lipinski definition) is 0. The summed E-state index contributed by atoms with van der Waals surface area (Å²) in [4.78, 5) is 0. The molecule has 0 aliphatic carbocycles. The molecule has 1 aromatic carbocycles. The summed E-state index contributed by atoms with van der Waals surface area (Å²) < 4.78 is 26.7. The number of halogens is 4. The first-order valence-electron chi connectivity index (χ1n) is 4.67. The summed E-state index contributed by atoms with van der Waals surface area (Å²) in [5.74, 6) is 0.218. The van der Waals surface area contributed by atoms with Crippen molar-refractivity contribution in [2.24, 2.45) is 0 Å². The normalized spacial score (nSPS) is 11.1. The summed E-state index contributed by atoms with van der Waals surface area (Å²) in [5.41, 5.74) is 0.806. The Bertz CT molecular complexity index is 528. The van der Waals surface area contributed by atoms with Gasteiger partial charge in [-0.2, -0.15) is 0 Å². The molecule has 0 aliphatic rings. The summed E-state index contributed by atoms with van der Waals surface area (Å²) in [6.07, 6.45) is -1.05. The zero-order valence-corrected chi connectivity index (χ0v) is 9.96. The Hall–Kier alpha value is -1.20. The van der Waals surface area contributed by atoms with Gasteiger partial charge in [0.05, 0.1) is 23.5 Å². The second-order valence-electron chi connectivity index (χ2n) is 3.29. The SMILES string of the molecule is FC(F)c1cc(-n2cc(CCl)nn2)ccc1Cl. The van der Waals surface area contributed by atoms with E-state index in [2.05, 4.69) is 10.3 Å². The number of benzene rings is 1. The summed E-state index contributed by atoms with van der Waals surface area (Å²) in [5, 5.41) is 7.58. The van der Waals surface area contributed by atoms with Gasteiger partial charge < -0.3 is 0 Å². The van der Waals surface area contributed by atoms with Crippen LogP contribution in [0.5, 0.6) is 0 Å². The standard InChI is InChI=1S/C10H7Cl2F2N3/c11-4-6-5-17(16-15-6)7-1-2-9(12)8(3-7)10(13)14/h1-3,5,10H,4H2. The lowest BCUT2D eigenvalue weighted by atomic mass is 10.2. The summed E-state index contributed by atoms with van der Waals surface area (Å²) in [6.45, 7) is 0. The van der Waals surface area contributed by atoms with Crippen LogP contribution in [0, 0.1) is 0 Å². The molecule has 0 atom stereocenters. The Kier molecular flexibility index (Phi) is 3.59. The van der Waals surface area contributed by atoms with Gasteiger partial charge in [-0.15, -0.1) is 16.7 Å². The van der Waals surface area contributed by atoms with E-state index < -0.39 is 6.43 Å². The highest BCUT2D eigenvalue weighted by Crippen LogP contribution is 2.28. The average molecular weight is 278 g/mol. The van der Waals surface area contributed by atoms with Crippen LogP contribution in [0.15, 0.2) is 24.4 Å². The first kappa shape index (κ1) is 12.3. The van der Waals surface area contributed by atoms with E-state index in [-0.39, 0.29) is 16.5 Å². The Morgan fingerprint density at radius 2 is 2.12 bits per heavy atom. The molecule has 3 nitrogen and oxygen atoms in total. The van der Waals surface area contributed by atoms with Gasteiger partial charge in [0, 0.05) is 10.6 Å². The summed E-state index contributed by atoms with van der Waals surface area (Å²) >= 11 is 11.2. The number of rotatable bonds is 3. The molecule has 1 heterocycles. The van der Waals surface area contributed by atoms with Gasteiger partial charge in [0.15, 0.2) is 0 Å². The molecule has 0 amide bonds. The van der Waals surface area contributed by atoms with Crippen molar-refractivity contribution in [2.75, 3.05) is 0 Å². The lowest BCUT2D eigenvalue weighted by Gasteiger charge is -2.06. The molecule has 2 aromatic rings. The van der Waals surface area contributed by atoms with Crippen LogP contribution >= 0.6 is 23.2 Å². The van der Waals surface area contributed by atoms with Gasteiger partial charge in [-0.05, 0) is 18.2 Å². The lowest BCUT2D eigenvalue weighted by Crippen LogP contribution is -1.97. The third-order valence-electron chi connectivity index (χ3n) is 2.16. The first-order chi connectivity index (χ1) is 8.11. The molecule has 0 saturated carbocycles. The minimum absolute atomic E-state index is 0.0291. The van der Waals surface area contributed by atoms with Crippen molar-refractivity contribution in [3.05, 3.63) is 40.7 Å². The lowest BCUT2D eigenvalue weighted by molar-refractivity contribution is 0.151. The van der Waals surface area contributed by atoms with E-state index in [1.807, 2.05) is 0 Å². The van der Waals surface area contributed by atoms with Crippen LogP contribution in [0.3, 0.4) is 0 Å². The number of hydrogen-bond acceptors (Lipinski definition) is 2. The van der Waals surface area contributed by atoms with Gasteiger partial charge in [0.25, 0.3) is 6.43 Å². The topological polar surface area (TPSA) is 30.7 Å². The summed E-state index contributed by atoms with van der Waals surface area (Å²) in [7, 11) is 0. The molecule has 0 radical (unpaired) electrons. The molecule has 90 valence electrons. The van der Waals surface area contributed by atoms with Crippen molar-refractivity contribution in [3.63, 3.8) is 0 Å². The van der Waals surface area contributed by atoms with Crippen LogP contribution in [0.4, 0.5) is 8.78 Å². The highest BCUT2D eigenvalue weighted by molar-refractivity contribution is 6.31. The Labute approximate surface area is 106 Å². The molecular formula is C10H7Cl2F2N3. The van der Waals surface area contributed by atoms with E-state index in [0.29, 0.717) is 11.4 Å². The minimum Gasteiger partial charge on any atom is -0.220 e. The maximum atomic E-state index is 12.6. The van der Waals surface area contributed by atoms with Gasteiger partial charge in [-0.1, -0.05) is 16.8 Å². The third-order valence-corrected chi connectivity index (χ3v) is 2.78. The number of nitrogens with zero attached hydrogens (tertiary/aromatic N) is 3. The predicted molar refractivity (Wildman–Crippen MR) is 60.9 cm³/mol. The highest BCUT2D eigenvalue weighted by Gasteiger charge is 2.13. The molecule has 0 bridgehead atoms. The fourth-order valence-corrected chi connectivity index (χ4v) is 1.65. The smallest absolute Gasteiger partial charge is 0.220 e. The van der Waals surface area contributed by atoms with E-state index in [0.717, 1.165) is 0 Å². The van der Waals surface area contributed by atoms with E-state index in [4.69, 9.17) is 23.2 Å². The van der Waals surface area contributed by atoms with Crippen molar-refractivity contribution in [2.45, 2.75) is 12.3 Å².